The number of alkyl halides is 3. The Morgan fingerprint density at radius 3 is 2.65 bits per heavy atom. The summed E-state index contributed by atoms with van der Waals surface area (Å²) in [6.45, 7) is 5.10. The first-order valence-corrected chi connectivity index (χ1v) is 7.00. The second kappa shape index (κ2) is 6.04. The topological polar surface area (TPSA) is 21.3 Å². The van der Waals surface area contributed by atoms with E-state index in [1.165, 1.54) is 12.1 Å². The molecule has 0 amide bonds. The van der Waals surface area contributed by atoms with E-state index in [0.29, 0.717) is 11.8 Å². The highest BCUT2D eigenvalue weighted by molar-refractivity contribution is 5.32. The van der Waals surface area contributed by atoms with Crippen LogP contribution in [0, 0.1) is 11.8 Å². The molecular weight excluding hydrogens is 267 g/mol. The third-order valence-corrected chi connectivity index (χ3v) is 3.66. The highest BCUT2D eigenvalue weighted by atomic mass is 19.4. The Bertz CT molecular complexity index is 447. The van der Waals surface area contributed by atoms with Crippen LogP contribution in [0.1, 0.15) is 38.3 Å². The first-order valence-electron chi connectivity index (χ1n) is 7.00. The average molecular weight is 287 g/mol. The second-order valence-corrected chi connectivity index (χ2v) is 5.43. The lowest BCUT2D eigenvalue weighted by atomic mass is 10.0. The first kappa shape index (κ1) is 15.2. The number of nitrogens with one attached hydrogen (secondary N) is 1. The van der Waals surface area contributed by atoms with Gasteiger partial charge in [0, 0.05) is 6.04 Å². The highest BCUT2D eigenvalue weighted by Crippen LogP contribution is 2.47. The van der Waals surface area contributed by atoms with E-state index in [9.17, 15) is 13.2 Å². The van der Waals surface area contributed by atoms with Crippen LogP contribution in [0.15, 0.2) is 24.3 Å². The van der Waals surface area contributed by atoms with Crippen LogP contribution in [0.5, 0.6) is 5.75 Å². The maximum absolute atomic E-state index is 12.3. The predicted octanol–water partition coefficient (Wildman–Crippen LogP) is 4.28. The molecule has 1 aliphatic rings. The molecule has 0 saturated heterocycles. The molecule has 0 spiro atoms. The first-order chi connectivity index (χ1) is 9.40. The van der Waals surface area contributed by atoms with Gasteiger partial charge in [-0.05, 0) is 48.9 Å². The Labute approximate surface area is 117 Å². The Morgan fingerprint density at radius 2 is 2.10 bits per heavy atom. The zero-order valence-electron chi connectivity index (χ0n) is 11.7. The Kier molecular flexibility index (Phi) is 4.58. The number of hydrogen-bond donors (Lipinski definition) is 1. The van der Waals surface area contributed by atoms with E-state index in [1.54, 1.807) is 6.07 Å². The van der Waals surface area contributed by atoms with Crippen LogP contribution in [0.25, 0.3) is 0 Å². The van der Waals surface area contributed by atoms with Crippen molar-refractivity contribution in [3.8, 4) is 5.75 Å². The summed E-state index contributed by atoms with van der Waals surface area (Å²) in [7, 11) is 0. The predicted molar refractivity (Wildman–Crippen MR) is 71.4 cm³/mol. The molecule has 112 valence electrons. The summed E-state index contributed by atoms with van der Waals surface area (Å²) in [4.78, 5) is 0. The monoisotopic (exact) mass is 287 g/mol. The summed E-state index contributed by atoms with van der Waals surface area (Å²) >= 11 is 0. The molecule has 2 nitrogen and oxygen atoms in total. The normalized spacial score (nSPS) is 23.4. The molecule has 0 bridgehead atoms. The maximum Gasteiger partial charge on any atom is 0.573 e. The molecule has 3 atom stereocenters. The standard InChI is InChI=1S/C15H20F3NO/c1-3-7-19-14(13-8-10(13)2)11-5-4-6-12(9-11)20-15(16,17)18/h4-6,9-10,13-14,19H,3,7-8H2,1-2H3. The summed E-state index contributed by atoms with van der Waals surface area (Å²) in [5.74, 6) is 0.978. The molecule has 2 rings (SSSR count). The van der Waals surface area contributed by atoms with E-state index < -0.39 is 6.36 Å². The van der Waals surface area contributed by atoms with Crippen molar-refractivity contribution >= 4 is 0 Å². The molecule has 0 aromatic heterocycles. The number of ether oxygens (including phenoxy) is 1. The van der Waals surface area contributed by atoms with Gasteiger partial charge in [-0.3, -0.25) is 0 Å². The van der Waals surface area contributed by atoms with Gasteiger partial charge in [0.15, 0.2) is 0 Å². The summed E-state index contributed by atoms with van der Waals surface area (Å²) in [6.07, 6.45) is -2.53. The summed E-state index contributed by atoms with van der Waals surface area (Å²) in [5, 5.41) is 3.43. The molecule has 1 aromatic rings. The third-order valence-electron chi connectivity index (χ3n) is 3.66. The van der Waals surface area contributed by atoms with E-state index >= 15 is 0 Å². The molecule has 5 heteroatoms. The Balaban J connectivity index is 2.14. The molecule has 0 radical (unpaired) electrons. The van der Waals surface area contributed by atoms with Crippen LogP contribution in [0.4, 0.5) is 13.2 Å². The number of benzene rings is 1. The van der Waals surface area contributed by atoms with E-state index in [-0.39, 0.29) is 11.8 Å². The lowest BCUT2D eigenvalue weighted by molar-refractivity contribution is -0.274. The highest BCUT2D eigenvalue weighted by Gasteiger charge is 2.40. The minimum Gasteiger partial charge on any atom is -0.406 e. The Morgan fingerprint density at radius 1 is 1.40 bits per heavy atom. The van der Waals surface area contributed by atoms with Gasteiger partial charge in [-0.2, -0.15) is 0 Å². The van der Waals surface area contributed by atoms with Crippen LogP contribution in [0.3, 0.4) is 0 Å². The van der Waals surface area contributed by atoms with Crippen molar-refractivity contribution in [2.45, 2.75) is 39.1 Å². The number of rotatable bonds is 6. The third kappa shape index (κ3) is 4.13. The fraction of sp³-hybridized carbons (Fsp3) is 0.600. The molecule has 1 N–H and O–H groups in total. The van der Waals surface area contributed by atoms with Crippen molar-refractivity contribution < 1.29 is 17.9 Å². The SMILES string of the molecule is CCCNC(c1cccc(OC(F)(F)F)c1)C1CC1C. The molecular formula is C15H20F3NO. The molecule has 0 aliphatic heterocycles. The smallest absolute Gasteiger partial charge is 0.406 e. The minimum atomic E-state index is -4.64. The van der Waals surface area contributed by atoms with E-state index in [2.05, 4.69) is 23.9 Å². The van der Waals surface area contributed by atoms with Gasteiger partial charge in [0.05, 0.1) is 0 Å². The summed E-state index contributed by atoms with van der Waals surface area (Å²) in [5.41, 5.74) is 0.870. The zero-order chi connectivity index (χ0) is 14.8. The van der Waals surface area contributed by atoms with Crippen LogP contribution in [-0.2, 0) is 0 Å². The maximum atomic E-state index is 12.3. The van der Waals surface area contributed by atoms with Crippen LogP contribution >= 0.6 is 0 Å². The van der Waals surface area contributed by atoms with Gasteiger partial charge < -0.3 is 10.1 Å². The van der Waals surface area contributed by atoms with Crippen molar-refractivity contribution in [1.29, 1.82) is 0 Å². The fourth-order valence-corrected chi connectivity index (χ4v) is 2.54. The quantitative estimate of drug-likeness (QED) is 0.843. The molecule has 1 aromatic carbocycles. The van der Waals surface area contributed by atoms with Gasteiger partial charge in [0.2, 0.25) is 0 Å². The van der Waals surface area contributed by atoms with Crippen molar-refractivity contribution in [1.82, 2.24) is 5.32 Å². The summed E-state index contributed by atoms with van der Waals surface area (Å²) in [6, 6.07) is 6.42. The summed E-state index contributed by atoms with van der Waals surface area (Å²) < 4.78 is 40.8. The van der Waals surface area contributed by atoms with Gasteiger partial charge >= 0.3 is 6.36 Å². The second-order valence-electron chi connectivity index (χ2n) is 5.43. The van der Waals surface area contributed by atoms with Gasteiger partial charge in [-0.15, -0.1) is 13.2 Å². The van der Waals surface area contributed by atoms with E-state index in [4.69, 9.17) is 0 Å². The van der Waals surface area contributed by atoms with Gasteiger partial charge in [0.25, 0.3) is 0 Å². The van der Waals surface area contributed by atoms with Crippen molar-refractivity contribution in [2.24, 2.45) is 11.8 Å². The molecule has 0 heterocycles. The van der Waals surface area contributed by atoms with Gasteiger partial charge in [-0.1, -0.05) is 26.0 Å². The minimum absolute atomic E-state index is 0.113. The van der Waals surface area contributed by atoms with Crippen molar-refractivity contribution in [3.05, 3.63) is 29.8 Å². The van der Waals surface area contributed by atoms with Crippen LogP contribution in [0.2, 0.25) is 0 Å². The number of halogens is 3. The van der Waals surface area contributed by atoms with Crippen molar-refractivity contribution in [3.63, 3.8) is 0 Å². The van der Waals surface area contributed by atoms with Gasteiger partial charge in [-0.25, -0.2) is 0 Å². The lowest BCUT2D eigenvalue weighted by Crippen LogP contribution is -2.24. The molecule has 1 aliphatic carbocycles. The Hall–Kier alpha value is -1.23. The fourth-order valence-electron chi connectivity index (χ4n) is 2.54. The molecule has 1 saturated carbocycles. The molecule has 20 heavy (non-hydrogen) atoms. The number of hydrogen-bond acceptors (Lipinski definition) is 2. The lowest BCUT2D eigenvalue weighted by Gasteiger charge is -2.20. The van der Waals surface area contributed by atoms with Crippen LogP contribution < -0.4 is 10.1 Å². The average Bonchev–Trinajstić information content (AvgIpc) is 3.05. The largest absolute Gasteiger partial charge is 0.573 e. The molecule has 3 unspecified atom stereocenters. The van der Waals surface area contributed by atoms with Crippen LogP contribution in [-0.4, -0.2) is 12.9 Å². The zero-order valence-corrected chi connectivity index (χ0v) is 11.7. The van der Waals surface area contributed by atoms with Gasteiger partial charge in [0.1, 0.15) is 5.75 Å². The molecule has 1 fully saturated rings. The van der Waals surface area contributed by atoms with E-state index in [0.717, 1.165) is 24.9 Å². The van der Waals surface area contributed by atoms with Crippen molar-refractivity contribution in [2.75, 3.05) is 6.54 Å². The van der Waals surface area contributed by atoms with E-state index in [1.807, 2.05) is 6.07 Å².